The van der Waals surface area contributed by atoms with Crippen LogP contribution >= 0.6 is 0 Å². The third-order valence-electron chi connectivity index (χ3n) is 2.65. The topological polar surface area (TPSA) is 64.9 Å². The Hall–Kier alpha value is -2.01. The molecule has 2 rings (SSSR count). The number of anilines is 1. The zero-order valence-corrected chi connectivity index (χ0v) is 9.61. The van der Waals surface area contributed by atoms with Crippen LogP contribution in [-0.4, -0.2) is 4.98 Å². The van der Waals surface area contributed by atoms with Crippen molar-refractivity contribution < 1.29 is 8.78 Å². The van der Waals surface area contributed by atoms with E-state index in [1.807, 2.05) is 0 Å². The van der Waals surface area contributed by atoms with Crippen LogP contribution in [0.1, 0.15) is 17.2 Å². The number of halogens is 2. The Bertz CT molecular complexity index is 537. The van der Waals surface area contributed by atoms with Crippen molar-refractivity contribution in [2.45, 2.75) is 12.5 Å². The lowest BCUT2D eigenvalue weighted by Gasteiger charge is -2.13. The molecule has 0 amide bonds. The third-order valence-corrected chi connectivity index (χ3v) is 2.65. The molecule has 0 aliphatic heterocycles. The molecule has 5 heteroatoms. The number of rotatable bonds is 3. The SMILES string of the molecule is Nc1ncccc1C(N)Cc1cc(F)cc(F)c1. The van der Waals surface area contributed by atoms with Crippen molar-refractivity contribution in [1.82, 2.24) is 4.98 Å². The second-order valence-corrected chi connectivity index (χ2v) is 4.07. The highest BCUT2D eigenvalue weighted by Gasteiger charge is 2.12. The Morgan fingerprint density at radius 1 is 1.17 bits per heavy atom. The molecule has 3 nitrogen and oxygen atoms in total. The second-order valence-electron chi connectivity index (χ2n) is 4.07. The minimum Gasteiger partial charge on any atom is -0.383 e. The summed E-state index contributed by atoms with van der Waals surface area (Å²) >= 11 is 0. The number of nitrogens with two attached hydrogens (primary N) is 2. The summed E-state index contributed by atoms with van der Waals surface area (Å²) < 4.78 is 26.1. The normalized spacial score (nSPS) is 12.4. The average molecular weight is 249 g/mol. The fourth-order valence-corrected chi connectivity index (χ4v) is 1.84. The predicted molar refractivity (Wildman–Crippen MR) is 65.6 cm³/mol. The van der Waals surface area contributed by atoms with Gasteiger partial charge in [0.1, 0.15) is 17.5 Å². The molecule has 0 aliphatic rings. The molecular weight excluding hydrogens is 236 g/mol. The lowest BCUT2D eigenvalue weighted by atomic mass is 10.00. The number of nitrogens with zero attached hydrogens (tertiary/aromatic N) is 1. The van der Waals surface area contributed by atoms with Gasteiger partial charge in [0.2, 0.25) is 0 Å². The van der Waals surface area contributed by atoms with E-state index in [-0.39, 0.29) is 0 Å². The predicted octanol–water partition coefficient (Wildman–Crippen LogP) is 2.18. The van der Waals surface area contributed by atoms with Gasteiger partial charge in [0.25, 0.3) is 0 Å². The smallest absolute Gasteiger partial charge is 0.128 e. The minimum atomic E-state index is -0.614. The van der Waals surface area contributed by atoms with Crippen molar-refractivity contribution in [1.29, 1.82) is 0 Å². The molecule has 0 saturated carbocycles. The van der Waals surface area contributed by atoms with E-state index in [4.69, 9.17) is 11.5 Å². The zero-order chi connectivity index (χ0) is 13.1. The van der Waals surface area contributed by atoms with Crippen LogP contribution in [0.2, 0.25) is 0 Å². The van der Waals surface area contributed by atoms with Gasteiger partial charge in [-0.25, -0.2) is 13.8 Å². The van der Waals surface area contributed by atoms with Gasteiger partial charge in [-0.15, -0.1) is 0 Å². The minimum absolute atomic E-state index is 0.296. The summed E-state index contributed by atoms with van der Waals surface area (Å²) in [5.41, 5.74) is 12.8. The Morgan fingerprint density at radius 2 is 1.83 bits per heavy atom. The van der Waals surface area contributed by atoms with Crippen LogP contribution < -0.4 is 11.5 Å². The molecule has 94 valence electrons. The summed E-state index contributed by atoms with van der Waals surface area (Å²) in [6, 6.07) is 6.37. The fraction of sp³-hybridized carbons (Fsp3) is 0.154. The molecule has 1 aromatic heterocycles. The summed E-state index contributed by atoms with van der Waals surface area (Å²) in [6.45, 7) is 0. The Balaban J connectivity index is 2.21. The van der Waals surface area contributed by atoms with Crippen LogP contribution in [0.25, 0.3) is 0 Å². The van der Waals surface area contributed by atoms with E-state index in [0.717, 1.165) is 6.07 Å². The van der Waals surface area contributed by atoms with E-state index in [1.54, 1.807) is 18.3 Å². The van der Waals surface area contributed by atoms with E-state index in [9.17, 15) is 8.78 Å². The maximum atomic E-state index is 13.0. The largest absolute Gasteiger partial charge is 0.383 e. The summed E-state index contributed by atoms with van der Waals surface area (Å²) in [4.78, 5) is 3.93. The van der Waals surface area contributed by atoms with Gasteiger partial charge in [0.05, 0.1) is 0 Å². The van der Waals surface area contributed by atoms with Crippen LogP contribution in [0.5, 0.6) is 0 Å². The van der Waals surface area contributed by atoms with Crippen LogP contribution in [0.15, 0.2) is 36.5 Å². The number of benzene rings is 1. The lowest BCUT2D eigenvalue weighted by Crippen LogP contribution is -2.16. The van der Waals surface area contributed by atoms with Gasteiger partial charge in [-0.2, -0.15) is 0 Å². The van der Waals surface area contributed by atoms with E-state index in [2.05, 4.69) is 4.98 Å². The van der Waals surface area contributed by atoms with Crippen molar-refractivity contribution >= 4 is 5.82 Å². The van der Waals surface area contributed by atoms with Crippen molar-refractivity contribution in [3.05, 3.63) is 59.3 Å². The molecule has 0 spiro atoms. The molecule has 1 heterocycles. The van der Waals surface area contributed by atoms with Crippen molar-refractivity contribution in [3.8, 4) is 0 Å². The lowest BCUT2D eigenvalue weighted by molar-refractivity contribution is 0.576. The van der Waals surface area contributed by atoms with E-state index < -0.39 is 17.7 Å². The van der Waals surface area contributed by atoms with Crippen LogP contribution in [0.4, 0.5) is 14.6 Å². The number of aromatic nitrogens is 1. The second kappa shape index (κ2) is 5.10. The maximum absolute atomic E-state index is 13.0. The molecule has 2 aromatic rings. The quantitative estimate of drug-likeness (QED) is 0.876. The van der Waals surface area contributed by atoms with E-state index in [0.29, 0.717) is 23.4 Å². The molecule has 1 atom stereocenters. The van der Waals surface area contributed by atoms with Gasteiger partial charge < -0.3 is 11.5 Å². The highest BCUT2D eigenvalue weighted by molar-refractivity contribution is 5.41. The van der Waals surface area contributed by atoms with Gasteiger partial charge in [-0.05, 0) is 30.2 Å². The summed E-state index contributed by atoms with van der Waals surface area (Å²) in [7, 11) is 0. The highest BCUT2D eigenvalue weighted by Crippen LogP contribution is 2.20. The van der Waals surface area contributed by atoms with Crippen LogP contribution in [0.3, 0.4) is 0 Å². The summed E-state index contributed by atoms with van der Waals surface area (Å²) in [5.74, 6) is -0.894. The molecule has 4 N–H and O–H groups in total. The van der Waals surface area contributed by atoms with Crippen LogP contribution in [0, 0.1) is 11.6 Å². The third kappa shape index (κ3) is 2.81. The number of hydrogen-bond acceptors (Lipinski definition) is 3. The molecular formula is C13H13F2N3. The maximum Gasteiger partial charge on any atom is 0.128 e. The summed E-state index contributed by atoms with van der Waals surface area (Å²) in [5, 5.41) is 0. The van der Waals surface area contributed by atoms with E-state index in [1.165, 1.54) is 12.1 Å². The average Bonchev–Trinajstić information content (AvgIpc) is 2.27. The molecule has 1 aromatic carbocycles. The first kappa shape index (κ1) is 12.4. The first-order valence-electron chi connectivity index (χ1n) is 5.47. The summed E-state index contributed by atoms with van der Waals surface area (Å²) in [6.07, 6.45) is 1.86. The van der Waals surface area contributed by atoms with Gasteiger partial charge in [-0.1, -0.05) is 6.07 Å². The molecule has 18 heavy (non-hydrogen) atoms. The van der Waals surface area contributed by atoms with Gasteiger partial charge >= 0.3 is 0 Å². The Labute approximate surface area is 103 Å². The van der Waals surface area contributed by atoms with Crippen molar-refractivity contribution in [3.63, 3.8) is 0 Å². The molecule has 1 unspecified atom stereocenters. The Morgan fingerprint density at radius 3 is 2.44 bits per heavy atom. The van der Waals surface area contributed by atoms with Gasteiger partial charge in [0, 0.05) is 23.9 Å². The Kier molecular flexibility index (Phi) is 3.53. The standard InChI is InChI=1S/C13H13F2N3/c14-9-4-8(5-10(15)7-9)6-12(16)11-2-1-3-18-13(11)17/h1-5,7,12H,6,16H2,(H2,17,18). The van der Waals surface area contributed by atoms with Crippen LogP contribution in [-0.2, 0) is 6.42 Å². The number of hydrogen-bond donors (Lipinski definition) is 2. The number of pyridine rings is 1. The monoisotopic (exact) mass is 249 g/mol. The fourth-order valence-electron chi connectivity index (χ4n) is 1.84. The van der Waals surface area contributed by atoms with Crippen molar-refractivity contribution in [2.24, 2.45) is 5.73 Å². The van der Waals surface area contributed by atoms with Gasteiger partial charge in [-0.3, -0.25) is 0 Å². The van der Waals surface area contributed by atoms with Crippen molar-refractivity contribution in [2.75, 3.05) is 5.73 Å². The molecule has 0 saturated heterocycles. The van der Waals surface area contributed by atoms with Gasteiger partial charge in [0.15, 0.2) is 0 Å². The molecule has 0 bridgehead atoms. The number of nitrogen functional groups attached to an aromatic ring is 1. The van der Waals surface area contributed by atoms with E-state index >= 15 is 0 Å². The molecule has 0 radical (unpaired) electrons. The zero-order valence-electron chi connectivity index (χ0n) is 9.61. The first-order valence-corrected chi connectivity index (χ1v) is 5.47. The first-order chi connectivity index (χ1) is 8.56. The molecule has 0 aliphatic carbocycles. The molecule has 0 fully saturated rings. The highest BCUT2D eigenvalue weighted by atomic mass is 19.1.